The second kappa shape index (κ2) is 6.20. The zero-order chi connectivity index (χ0) is 12.1. The van der Waals surface area contributed by atoms with Crippen LogP contribution in [0, 0.1) is 0 Å². The van der Waals surface area contributed by atoms with Gasteiger partial charge < -0.3 is 5.32 Å². The minimum absolute atomic E-state index is 0.650. The topological polar surface area (TPSA) is 29.9 Å². The van der Waals surface area contributed by atoms with Gasteiger partial charge in [0.15, 0.2) is 0 Å². The maximum atomic E-state index is 4.42. The summed E-state index contributed by atoms with van der Waals surface area (Å²) in [6.07, 6.45) is 11.1. The van der Waals surface area contributed by atoms with Gasteiger partial charge in [-0.3, -0.25) is 4.68 Å². The van der Waals surface area contributed by atoms with E-state index in [9.17, 15) is 0 Å². The Morgan fingerprint density at radius 2 is 2.12 bits per heavy atom. The number of nitrogens with one attached hydrogen (secondary N) is 1. The van der Waals surface area contributed by atoms with E-state index < -0.39 is 0 Å². The van der Waals surface area contributed by atoms with Gasteiger partial charge in [-0.15, -0.1) is 0 Å². The Labute approximate surface area is 105 Å². The van der Waals surface area contributed by atoms with Gasteiger partial charge >= 0.3 is 0 Å². The number of hydrogen-bond acceptors (Lipinski definition) is 2. The summed E-state index contributed by atoms with van der Waals surface area (Å²) in [4.78, 5) is 0. The zero-order valence-corrected chi connectivity index (χ0v) is 11.2. The first-order valence-corrected chi connectivity index (χ1v) is 7.10. The van der Waals surface area contributed by atoms with Crippen LogP contribution in [-0.4, -0.2) is 22.4 Å². The molecule has 17 heavy (non-hydrogen) atoms. The average molecular weight is 235 g/mol. The Balaban J connectivity index is 2.13. The molecule has 1 aliphatic carbocycles. The minimum atomic E-state index is 0.650. The summed E-state index contributed by atoms with van der Waals surface area (Å²) in [6.45, 7) is 6.39. The average Bonchev–Trinajstić information content (AvgIpc) is 2.70. The number of likely N-dealkylation sites (N-methyl/N-ethyl adjacent to an activating group) is 1. The molecule has 0 aliphatic heterocycles. The number of hydrogen-bond donors (Lipinski definition) is 1. The lowest BCUT2D eigenvalue weighted by molar-refractivity contribution is 0.419. The van der Waals surface area contributed by atoms with Crippen molar-refractivity contribution in [1.29, 1.82) is 0 Å². The fourth-order valence-electron chi connectivity index (χ4n) is 2.96. The summed E-state index contributed by atoms with van der Waals surface area (Å²) in [5.74, 6) is 0.665. The Bertz CT molecular complexity index is 332. The highest BCUT2D eigenvalue weighted by molar-refractivity contribution is 5.15. The molecular formula is C14H25N3. The Hall–Kier alpha value is -0.830. The normalized spacial score (nSPS) is 25.8. The van der Waals surface area contributed by atoms with Gasteiger partial charge in [-0.1, -0.05) is 26.2 Å². The molecule has 2 unspecified atom stereocenters. The molecule has 0 radical (unpaired) electrons. The fourth-order valence-corrected chi connectivity index (χ4v) is 2.96. The second-order valence-electron chi connectivity index (χ2n) is 5.04. The maximum absolute atomic E-state index is 4.42. The third-order valence-electron chi connectivity index (χ3n) is 3.89. The number of nitrogens with zero attached hydrogens (tertiary/aromatic N) is 2. The molecule has 0 bridgehead atoms. The summed E-state index contributed by atoms with van der Waals surface area (Å²) >= 11 is 0. The molecule has 1 aliphatic rings. The van der Waals surface area contributed by atoms with Gasteiger partial charge in [0.25, 0.3) is 0 Å². The van der Waals surface area contributed by atoms with Gasteiger partial charge in [0.1, 0.15) is 0 Å². The van der Waals surface area contributed by atoms with Crippen molar-refractivity contribution in [1.82, 2.24) is 15.1 Å². The molecule has 1 heterocycles. The molecule has 3 heteroatoms. The van der Waals surface area contributed by atoms with Gasteiger partial charge in [-0.25, -0.2) is 0 Å². The molecule has 1 saturated carbocycles. The minimum Gasteiger partial charge on any atom is -0.314 e. The van der Waals surface area contributed by atoms with Gasteiger partial charge in [0.05, 0.1) is 6.20 Å². The Morgan fingerprint density at radius 3 is 2.82 bits per heavy atom. The lowest BCUT2D eigenvalue weighted by atomic mass is 9.89. The molecule has 1 N–H and O–H groups in total. The van der Waals surface area contributed by atoms with Crippen LogP contribution < -0.4 is 5.32 Å². The first-order chi connectivity index (χ1) is 8.35. The number of aryl methyl sites for hydroxylation is 1. The molecule has 1 aromatic rings. The summed E-state index contributed by atoms with van der Waals surface area (Å²) in [7, 11) is 0. The van der Waals surface area contributed by atoms with Crippen LogP contribution in [0.5, 0.6) is 0 Å². The Kier molecular flexibility index (Phi) is 4.60. The molecule has 3 nitrogen and oxygen atoms in total. The van der Waals surface area contributed by atoms with E-state index in [0.29, 0.717) is 12.0 Å². The number of rotatable bonds is 4. The van der Waals surface area contributed by atoms with Crippen molar-refractivity contribution in [2.24, 2.45) is 0 Å². The molecule has 96 valence electrons. The van der Waals surface area contributed by atoms with Crippen LogP contribution in [0.1, 0.15) is 57.4 Å². The van der Waals surface area contributed by atoms with E-state index in [1.54, 1.807) is 0 Å². The van der Waals surface area contributed by atoms with Crippen LogP contribution in [0.2, 0.25) is 0 Å². The highest BCUT2D eigenvalue weighted by Gasteiger charge is 2.25. The smallest absolute Gasteiger partial charge is 0.0525 e. The third-order valence-corrected chi connectivity index (χ3v) is 3.89. The van der Waals surface area contributed by atoms with E-state index in [0.717, 1.165) is 13.1 Å². The summed E-state index contributed by atoms with van der Waals surface area (Å²) in [5, 5.41) is 8.09. The zero-order valence-electron chi connectivity index (χ0n) is 11.2. The van der Waals surface area contributed by atoms with Gasteiger partial charge in [0, 0.05) is 24.7 Å². The van der Waals surface area contributed by atoms with Crippen molar-refractivity contribution in [2.75, 3.05) is 6.54 Å². The van der Waals surface area contributed by atoms with Crippen molar-refractivity contribution in [3.8, 4) is 0 Å². The molecule has 0 amide bonds. The van der Waals surface area contributed by atoms with E-state index in [1.165, 1.54) is 37.7 Å². The van der Waals surface area contributed by atoms with Gasteiger partial charge in [-0.2, -0.15) is 5.10 Å². The highest BCUT2D eigenvalue weighted by atomic mass is 15.3. The monoisotopic (exact) mass is 235 g/mol. The van der Waals surface area contributed by atoms with Crippen LogP contribution in [-0.2, 0) is 6.54 Å². The maximum Gasteiger partial charge on any atom is 0.0525 e. The van der Waals surface area contributed by atoms with E-state index in [1.807, 2.05) is 4.68 Å². The van der Waals surface area contributed by atoms with Crippen LogP contribution in [0.4, 0.5) is 0 Å². The van der Waals surface area contributed by atoms with Crippen LogP contribution in [0.25, 0.3) is 0 Å². The molecule has 0 spiro atoms. The molecule has 0 saturated heterocycles. The molecular weight excluding hydrogens is 210 g/mol. The summed E-state index contributed by atoms with van der Waals surface area (Å²) < 4.78 is 2.04. The Morgan fingerprint density at radius 1 is 1.29 bits per heavy atom. The van der Waals surface area contributed by atoms with Crippen LogP contribution in [0.15, 0.2) is 12.4 Å². The molecule has 2 rings (SSSR count). The predicted octanol–water partition coefficient (Wildman–Crippen LogP) is 2.93. The van der Waals surface area contributed by atoms with Crippen molar-refractivity contribution in [2.45, 2.75) is 64.5 Å². The standard InChI is InChI=1S/C14H25N3/c1-3-15-14-9-7-5-6-8-13(14)12-10-16-17(4-2)11-12/h10-11,13-15H,3-9H2,1-2H3. The second-order valence-corrected chi connectivity index (χ2v) is 5.04. The van der Waals surface area contributed by atoms with Crippen molar-refractivity contribution >= 4 is 0 Å². The van der Waals surface area contributed by atoms with Crippen molar-refractivity contribution in [3.63, 3.8) is 0 Å². The lowest BCUT2D eigenvalue weighted by Gasteiger charge is -2.24. The van der Waals surface area contributed by atoms with Gasteiger partial charge in [0.2, 0.25) is 0 Å². The SMILES string of the molecule is CCNC1CCCCCC1c1cnn(CC)c1. The van der Waals surface area contributed by atoms with E-state index in [-0.39, 0.29) is 0 Å². The first kappa shape index (κ1) is 12.6. The number of aromatic nitrogens is 2. The fraction of sp³-hybridized carbons (Fsp3) is 0.786. The van der Waals surface area contributed by atoms with E-state index in [2.05, 4.69) is 36.7 Å². The van der Waals surface area contributed by atoms with Crippen molar-refractivity contribution in [3.05, 3.63) is 18.0 Å². The third kappa shape index (κ3) is 3.09. The predicted molar refractivity (Wildman–Crippen MR) is 71.2 cm³/mol. The van der Waals surface area contributed by atoms with E-state index in [4.69, 9.17) is 0 Å². The first-order valence-electron chi connectivity index (χ1n) is 7.10. The molecule has 0 aromatic carbocycles. The largest absolute Gasteiger partial charge is 0.314 e. The van der Waals surface area contributed by atoms with E-state index >= 15 is 0 Å². The highest BCUT2D eigenvalue weighted by Crippen LogP contribution is 2.31. The molecule has 1 fully saturated rings. The van der Waals surface area contributed by atoms with Crippen LogP contribution >= 0.6 is 0 Å². The summed E-state index contributed by atoms with van der Waals surface area (Å²) in [6, 6.07) is 0.650. The lowest BCUT2D eigenvalue weighted by Crippen LogP contribution is -2.34. The van der Waals surface area contributed by atoms with Crippen molar-refractivity contribution < 1.29 is 0 Å². The quantitative estimate of drug-likeness (QED) is 0.813. The van der Waals surface area contributed by atoms with Gasteiger partial charge in [-0.05, 0) is 31.9 Å². The summed E-state index contributed by atoms with van der Waals surface area (Å²) in [5.41, 5.74) is 1.43. The van der Waals surface area contributed by atoms with Crippen LogP contribution in [0.3, 0.4) is 0 Å². The molecule has 1 aromatic heterocycles. The molecule has 2 atom stereocenters.